The molecule has 0 bridgehead atoms. The lowest BCUT2D eigenvalue weighted by atomic mass is 10.2. The Hall–Kier alpha value is -0.850. The minimum atomic E-state index is 0.468. The highest BCUT2D eigenvalue weighted by atomic mass is 79.9. The molecule has 116 valence electrons. The van der Waals surface area contributed by atoms with Crippen molar-refractivity contribution >= 4 is 33.1 Å². The van der Waals surface area contributed by atoms with Crippen molar-refractivity contribution in [1.82, 2.24) is 15.1 Å². The maximum atomic E-state index is 4.59. The van der Waals surface area contributed by atoms with E-state index in [-0.39, 0.29) is 0 Å². The molecule has 0 saturated heterocycles. The number of nitrogens with one attached hydrogen (secondary N) is 1. The number of anilines is 1. The van der Waals surface area contributed by atoms with E-state index >= 15 is 0 Å². The summed E-state index contributed by atoms with van der Waals surface area (Å²) < 4.78 is 3.16. The Balaban J connectivity index is 2.20. The summed E-state index contributed by atoms with van der Waals surface area (Å²) >= 11 is 5.25. The summed E-state index contributed by atoms with van der Waals surface area (Å²) in [4.78, 5) is 2.27. The van der Waals surface area contributed by atoms with Gasteiger partial charge in [0.2, 0.25) is 0 Å². The van der Waals surface area contributed by atoms with Gasteiger partial charge < -0.3 is 10.2 Å². The van der Waals surface area contributed by atoms with Crippen LogP contribution in [-0.2, 0) is 20.1 Å². The van der Waals surface area contributed by atoms with Gasteiger partial charge in [-0.3, -0.25) is 4.68 Å². The second-order valence-electron chi connectivity index (χ2n) is 5.66. The van der Waals surface area contributed by atoms with E-state index < -0.39 is 0 Å². The lowest BCUT2D eigenvalue weighted by molar-refractivity contribution is 0.586. The molecule has 21 heavy (non-hydrogen) atoms. The van der Waals surface area contributed by atoms with Gasteiger partial charge in [0.1, 0.15) is 5.82 Å². The van der Waals surface area contributed by atoms with Crippen LogP contribution in [-0.4, -0.2) is 22.9 Å². The topological polar surface area (TPSA) is 33.1 Å². The third-order valence-electron chi connectivity index (χ3n) is 3.40. The first kappa shape index (κ1) is 16.5. The summed E-state index contributed by atoms with van der Waals surface area (Å²) in [6, 6.07) is 2.65. The quantitative estimate of drug-likeness (QED) is 0.841. The Labute approximate surface area is 139 Å². The molecule has 2 heterocycles. The van der Waals surface area contributed by atoms with E-state index in [0.29, 0.717) is 6.04 Å². The van der Waals surface area contributed by atoms with Gasteiger partial charge in [0.15, 0.2) is 0 Å². The molecule has 2 rings (SSSR count). The van der Waals surface area contributed by atoms with Crippen LogP contribution < -0.4 is 10.2 Å². The zero-order valence-electron chi connectivity index (χ0n) is 13.3. The second-order valence-corrected chi connectivity index (χ2v) is 7.95. The highest BCUT2D eigenvalue weighted by molar-refractivity contribution is 9.11. The van der Waals surface area contributed by atoms with Gasteiger partial charge in [0, 0.05) is 38.8 Å². The molecule has 0 atom stereocenters. The van der Waals surface area contributed by atoms with Crippen molar-refractivity contribution in [2.24, 2.45) is 7.05 Å². The monoisotopic (exact) mass is 370 g/mol. The van der Waals surface area contributed by atoms with Gasteiger partial charge in [0.05, 0.1) is 9.48 Å². The number of rotatable bonds is 6. The number of hydrogen-bond acceptors (Lipinski definition) is 4. The Morgan fingerprint density at radius 1 is 1.48 bits per heavy atom. The Morgan fingerprint density at radius 2 is 2.19 bits per heavy atom. The zero-order chi connectivity index (χ0) is 15.6. The van der Waals surface area contributed by atoms with Gasteiger partial charge in [-0.1, -0.05) is 13.8 Å². The molecule has 0 fully saturated rings. The summed E-state index contributed by atoms with van der Waals surface area (Å²) in [5.74, 6) is 1.18. The fourth-order valence-corrected chi connectivity index (χ4v) is 3.66. The third-order valence-corrected chi connectivity index (χ3v) is 4.96. The Morgan fingerprint density at radius 3 is 2.76 bits per heavy atom. The number of nitrogens with zero attached hydrogens (tertiary/aromatic N) is 3. The first-order valence-electron chi connectivity index (χ1n) is 7.08. The van der Waals surface area contributed by atoms with Crippen LogP contribution in [0.15, 0.2) is 15.2 Å². The van der Waals surface area contributed by atoms with Crippen LogP contribution in [0.1, 0.15) is 30.7 Å². The molecule has 4 nitrogen and oxygen atoms in total. The van der Waals surface area contributed by atoms with E-state index in [9.17, 15) is 0 Å². The number of hydrogen-bond donors (Lipinski definition) is 1. The molecule has 6 heteroatoms. The minimum absolute atomic E-state index is 0.468. The molecule has 0 aromatic carbocycles. The van der Waals surface area contributed by atoms with E-state index in [1.807, 2.05) is 11.7 Å². The fraction of sp³-hybridized carbons (Fsp3) is 0.533. The largest absolute Gasteiger partial charge is 0.355 e. The second kappa shape index (κ2) is 6.94. The Kier molecular flexibility index (Phi) is 5.46. The molecule has 0 unspecified atom stereocenters. The maximum absolute atomic E-state index is 4.59. The lowest BCUT2D eigenvalue weighted by Crippen LogP contribution is -2.25. The predicted octanol–water partition coefficient (Wildman–Crippen LogP) is 3.69. The summed E-state index contributed by atoms with van der Waals surface area (Å²) in [5.41, 5.74) is 3.69. The van der Waals surface area contributed by atoms with Crippen LogP contribution >= 0.6 is 27.3 Å². The molecular weight excluding hydrogens is 348 g/mol. The van der Waals surface area contributed by atoms with Gasteiger partial charge in [-0.25, -0.2) is 0 Å². The molecule has 0 aliphatic rings. The van der Waals surface area contributed by atoms with Crippen molar-refractivity contribution in [3.63, 3.8) is 0 Å². The highest BCUT2D eigenvalue weighted by Crippen LogP contribution is 2.26. The molecule has 0 saturated carbocycles. The van der Waals surface area contributed by atoms with Crippen LogP contribution in [0.4, 0.5) is 5.82 Å². The molecule has 1 N–H and O–H groups in total. The van der Waals surface area contributed by atoms with Gasteiger partial charge in [-0.15, -0.1) is 11.3 Å². The van der Waals surface area contributed by atoms with Gasteiger partial charge in [-0.2, -0.15) is 5.10 Å². The minimum Gasteiger partial charge on any atom is -0.355 e. The van der Waals surface area contributed by atoms with Crippen LogP contribution in [0.2, 0.25) is 0 Å². The van der Waals surface area contributed by atoms with Gasteiger partial charge in [-0.05, 0) is 39.9 Å². The molecule has 0 spiro atoms. The molecule has 0 aliphatic heterocycles. The highest BCUT2D eigenvalue weighted by Gasteiger charge is 2.17. The van der Waals surface area contributed by atoms with E-state index in [1.165, 1.54) is 20.7 Å². The first-order chi connectivity index (χ1) is 9.88. The average molecular weight is 371 g/mol. The van der Waals surface area contributed by atoms with Crippen LogP contribution in [0, 0.1) is 6.92 Å². The van der Waals surface area contributed by atoms with E-state index in [4.69, 9.17) is 0 Å². The molecule has 0 aliphatic carbocycles. The number of halogens is 1. The number of aromatic nitrogens is 2. The number of aryl methyl sites for hydroxylation is 2. The summed E-state index contributed by atoms with van der Waals surface area (Å²) in [7, 11) is 4.14. The normalized spacial score (nSPS) is 11.4. The van der Waals surface area contributed by atoms with Crippen molar-refractivity contribution in [3.8, 4) is 0 Å². The molecule has 0 radical (unpaired) electrons. The summed E-state index contributed by atoms with van der Waals surface area (Å²) in [6.07, 6.45) is 0. The summed E-state index contributed by atoms with van der Waals surface area (Å²) in [5, 5.41) is 10.3. The van der Waals surface area contributed by atoms with E-state index in [1.54, 1.807) is 11.3 Å². The van der Waals surface area contributed by atoms with Gasteiger partial charge in [0.25, 0.3) is 0 Å². The molecular formula is C15H23BrN4S. The number of thiophene rings is 1. The molecule has 2 aromatic rings. The fourth-order valence-electron chi connectivity index (χ4n) is 2.46. The Bertz CT molecular complexity index is 603. The van der Waals surface area contributed by atoms with Crippen molar-refractivity contribution < 1.29 is 0 Å². The van der Waals surface area contributed by atoms with Crippen molar-refractivity contribution in [2.75, 3.05) is 11.9 Å². The smallest absolute Gasteiger partial charge is 0.131 e. The average Bonchev–Trinajstić information content (AvgIpc) is 2.90. The lowest BCUT2D eigenvalue weighted by Gasteiger charge is -2.21. The van der Waals surface area contributed by atoms with Crippen molar-refractivity contribution in [2.45, 2.75) is 39.9 Å². The van der Waals surface area contributed by atoms with E-state index in [0.717, 1.165) is 18.8 Å². The first-order valence-corrected chi connectivity index (χ1v) is 8.75. The van der Waals surface area contributed by atoms with Crippen molar-refractivity contribution in [3.05, 3.63) is 32.1 Å². The standard InChI is InChI=1S/C15H23BrN4S/c1-10(2)17-7-13-11(3)18-20(5)15(13)19(4)8-12-6-14(16)21-9-12/h6,9-10,17H,7-8H2,1-5H3. The zero-order valence-corrected chi connectivity index (χ0v) is 15.7. The molecule has 2 aromatic heterocycles. The van der Waals surface area contributed by atoms with Crippen LogP contribution in [0.5, 0.6) is 0 Å². The van der Waals surface area contributed by atoms with Crippen molar-refractivity contribution in [1.29, 1.82) is 0 Å². The predicted molar refractivity (Wildman–Crippen MR) is 94.0 cm³/mol. The van der Waals surface area contributed by atoms with Crippen LogP contribution in [0.3, 0.4) is 0 Å². The summed E-state index contributed by atoms with van der Waals surface area (Å²) in [6.45, 7) is 8.14. The van der Waals surface area contributed by atoms with Gasteiger partial charge >= 0.3 is 0 Å². The van der Waals surface area contributed by atoms with Crippen LogP contribution in [0.25, 0.3) is 0 Å². The third kappa shape index (κ3) is 4.08. The van der Waals surface area contributed by atoms with E-state index in [2.05, 4.69) is 70.5 Å². The molecule has 0 amide bonds. The SMILES string of the molecule is Cc1nn(C)c(N(C)Cc2csc(Br)c2)c1CNC(C)C. The maximum Gasteiger partial charge on any atom is 0.131 e.